The normalized spacial score (nSPS) is 10.5. The second-order valence-electron chi connectivity index (χ2n) is 12.7. The number of benzene rings is 2. The summed E-state index contributed by atoms with van der Waals surface area (Å²) in [6.07, 6.45) is 3.68. The lowest BCUT2D eigenvalue weighted by molar-refractivity contribution is 0.831. The third-order valence-electron chi connectivity index (χ3n) is 7.45. The third-order valence-corrected chi connectivity index (χ3v) is 7.45. The molecule has 3 heteroatoms. The second-order valence-corrected chi connectivity index (χ2v) is 12.7. The van der Waals surface area contributed by atoms with E-state index in [1.165, 1.54) is 44.5 Å². The molecule has 0 N–H and O–H groups in total. The van der Waals surface area contributed by atoms with Gasteiger partial charge in [0.15, 0.2) is 0 Å². The summed E-state index contributed by atoms with van der Waals surface area (Å²) in [6, 6.07) is 19.6. The van der Waals surface area contributed by atoms with Gasteiger partial charge in [0.25, 0.3) is 0 Å². The van der Waals surface area contributed by atoms with Crippen LogP contribution in [0.25, 0.3) is 0 Å². The molecule has 0 aliphatic heterocycles. The maximum atomic E-state index is 4.12. The first-order valence-corrected chi connectivity index (χ1v) is 15.5. The van der Waals surface area contributed by atoms with E-state index in [9.17, 15) is 0 Å². The van der Waals surface area contributed by atoms with E-state index in [-0.39, 0.29) is 0 Å². The Morgan fingerprint density at radius 1 is 0.429 bits per heavy atom. The lowest BCUT2D eigenvalue weighted by Crippen LogP contribution is -1.92. The first kappa shape index (κ1) is 36.7. The lowest BCUT2D eigenvalue weighted by Gasteiger charge is -2.07. The maximum absolute atomic E-state index is 4.12. The van der Waals surface area contributed by atoms with Crippen LogP contribution in [0, 0.1) is 41.5 Å². The van der Waals surface area contributed by atoms with Gasteiger partial charge in [-0.3, -0.25) is 4.98 Å². The maximum Gasteiger partial charge on any atom is 0.0603 e. The van der Waals surface area contributed by atoms with Gasteiger partial charge >= 0.3 is 0 Å². The van der Waals surface area contributed by atoms with Crippen LogP contribution in [0.5, 0.6) is 0 Å². The number of aromatic nitrogens is 3. The topological polar surface area (TPSA) is 38.7 Å². The van der Waals surface area contributed by atoms with Crippen LogP contribution >= 0.6 is 0 Å². The number of aryl methyl sites for hydroxylation is 6. The van der Waals surface area contributed by atoms with Crippen molar-refractivity contribution in [2.24, 2.45) is 0 Å². The summed E-state index contributed by atoms with van der Waals surface area (Å²) < 4.78 is 0. The molecule has 4 aromatic rings. The summed E-state index contributed by atoms with van der Waals surface area (Å²) >= 11 is 0. The molecule has 2 aromatic carbocycles. The number of hydrogen-bond donors (Lipinski definition) is 0. The molecule has 0 bridgehead atoms. The van der Waals surface area contributed by atoms with E-state index < -0.39 is 0 Å². The molecule has 4 rings (SSSR count). The molecule has 0 unspecified atom stereocenters. The molecule has 228 valence electrons. The molecule has 0 saturated heterocycles. The van der Waals surface area contributed by atoms with E-state index in [1.807, 2.05) is 26.2 Å². The number of pyridine rings is 1. The van der Waals surface area contributed by atoms with Crippen LogP contribution in [-0.2, 0) is 0 Å². The van der Waals surface area contributed by atoms with Gasteiger partial charge in [-0.1, -0.05) is 91.8 Å². The van der Waals surface area contributed by atoms with Crippen LogP contribution in [0.1, 0.15) is 135 Å². The molecular formula is C39H57N3. The summed E-state index contributed by atoms with van der Waals surface area (Å²) in [5, 5.41) is 7.73. The Hall–Kier alpha value is -3.33. The van der Waals surface area contributed by atoms with Crippen molar-refractivity contribution in [1.82, 2.24) is 15.2 Å². The highest BCUT2D eigenvalue weighted by Gasteiger charge is 2.01. The quantitative estimate of drug-likeness (QED) is 0.246. The number of hydrogen-bond acceptors (Lipinski definition) is 3. The molecule has 0 radical (unpaired) electrons. The Morgan fingerprint density at radius 3 is 1.14 bits per heavy atom. The minimum absolute atomic E-state index is 0.550. The largest absolute Gasteiger partial charge is 0.262 e. The van der Waals surface area contributed by atoms with E-state index in [2.05, 4.69) is 153 Å². The SMILES string of the molecule is Cc1cc(C(C)C)ccn1.Cc1cc(C(C)C)cnn1.Cc1ccc(C(C)C)cc1C.Cc1ccc(C(C)C)cc1C. The van der Waals surface area contributed by atoms with Crippen LogP contribution in [0.4, 0.5) is 0 Å². The molecule has 0 fully saturated rings. The summed E-state index contributed by atoms with van der Waals surface area (Å²) in [4.78, 5) is 4.12. The van der Waals surface area contributed by atoms with E-state index >= 15 is 0 Å². The van der Waals surface area contributed by atoms with Gasteiger partial charge < -0.3 is 0 Å². The Kier molecular flexibility index (Phi) is 16.0. The van der Waals surface area contributed by atoms with Crippen LogP contribution < -0.4 is 0 Å². The smallest absolute Gasteiger partial charge is 0.0603 e. The van der Waals surface area contributed by atoms with Gasteiger partial charge in [0.05, 0.1) is 11.9 Å². The van der Waals surface area contributed by atoms with Crippen molar-refractivity contribution < 1.29 is 0 Å². The first-order chi connectivity index (χ1) is 19.6. The van der Waals surface area contributed by atoms with Crippen molar-refractivity contribution in [2.45, 2.75) is 121 Å². The fraction of sp³-hybridized carbons (Fsp3) is 0.462. The van der Waals surface area contributed by atoms with Gasteiger partial charge in [0, 0.05) is 11.9 Å². The average Bonchev–Trinajstić information content (AvgIpc) is 2.92. The van der Waals surface area contributed by atoms with Crippen LogP contribution in [-0.4, -0.2) is 15.2 Å². The number of nitrogens with zero attached hydrogens (tertiary/aromatic N) is 3. The monoisotopic (exact) mass is 567 g/mol. The van der Waals surface area contributed by atoms with Crippen molar-refractivity contribution >= 4 is 0 Å². The van der Waals surface area contributed by atoms with Crippen molar-refractivity contribution in [1.29, 1.82) is 0 Å². The second kappa shape index (κ2) is 18.3. The van der Waals surface area contributed by atoms with Crippen LogP contribution in [0.2, 0.25) is 0 Å². The number of rotatable bonds is 4. The zero-order valence-electron chi connectivity index (χ0n) is 29.0. The van der Waals surface area contributed by atoms with Crippen molar-refractivity contribution in [2.75, 3.05) is 0 Å². The highest BCUT2D eigenvalue weighted by atomic mass is 15.1. The van der Waals surface area contributed by atoms with E-state index in [4.69, 9.17) is 0 Å². The molecule has 42 heavy (non-hydrogen) atoms. The minimum atomic E-state index is 0.550. The molecule has 0 saturated carbocycles. The first-order valence-electron chi connectivity index (χ1n) is 15.5. The standard InChI is InChI=1S/2C11H16.C9H13N.C8H12N2/c2*1-8(2)11-6-5-9(3)10(4)7-11;1-7(2)9-4-5-10-8(3)6-9;1-6(2)8-4-7(3)10-9-5-8/h2*5-8H,1-4H3;4-7H,1-3H3;4-6H,1-3H3. The molecule has 0 atom stereocenters. The Bertz CT molecular complexity index is 1240. The summed E-state index contributed by atoms with van der Waals surface area (Å²) in [7, 11) is 0. The minimum Gasteiger partial charge on any atom is -0.262 e. The molecule has 2 heterocycles. The van der Waals surface area contributed by atoms with Crippen LogP contribution in [0.3, 0.4) is 0 Å². The Balaban J connectivity index is 0.000000280. The third kappa shape index (κ3) is 13.6. The molecular weight excluding hydrogens is 510 g/mol. The summed E-state index contributed by atoms with van der Waals surface area (Å²) in [5.74, 6) is 2.46. The Morgan fingerprint density at radius 2 is 0.833 bits per heavy atom. The molecule has 0 aliphatic rings. The van der Waals surface area contributed by atoms with Gasteiger partial charge in [-0.15, -0.1) is 0 Å². The molecule has 2 aromatic heterocycles. The van der Waals surface area contributed by atoms with E-state index in [0.717, 1.165) is 11.4 Å². The fourth-order valence-corrected chi connectivity index (χ4v) is 3.98. The molecule has 3 nitrogen and oxygen atoms in total. The van der Waals surface area contributed by atoms with Gasteiger partial charge in [-0.2, -0.15) is 10.2 Å². The summed E-state index contributed by atoms with van der Waals surface area (Å²) in [5.41, 5.74) is 13.2. The summed E-state index contributed by atoms with van der Waals surface area (Å²) in [6.45, 7) is 30.2. The predicted octanol–water partition coefficient (Wildman–Crippen LogP) is 11.3. The van der Waals surface area contributed by atoms with E-state index in [1.54, 1.807) is 0 Å². The van der Waals surface area contributed by atoms with Gasteiger partial charge in [0.2, 0.25) is 0 Å². The van der Waals surface area contributed by atoms with Gasteiger partial charge in [-0.25, -0.2) is 0 Å². The molecule has 0 aliphatic carbocycles. The van der Waals surface area contributed by atoms with Gasteiger partial charge in [-0.05, 0) is 128 Å². The van der Waals surface area contributed by atoms with Crippen molar-refractivity contribution in [3.8, 4) is 0 Å². The lowest BCUT2D eigenvalue weighted by atomic mass is 9.99. The van der Waals surface area contributed by atoms with Gasteiger partial charge in [0.1, 0.15) is 0 Å². The zero-order valence-corrected chi connectivity index (χ0v) is 29.0. The van der Waals surface area contributed by atoms with E-state index in [0.29, 0.717) is 23.7 Å². The van der Waals surface area contributed by atoms with Crippen LogP contribution in [0.15, 0.2) is 67.0 Å². The van der Waals surface area contributed by atoms with Crippen molar-refractivity contribution in [3.63, 3.8) is 0 Å². The van der Waals surface area contributed by atoms with Crippen molar-refractivity contribution in [3.05, 3.63) is 123 Å². The average molecular weight is 568 g/mol. The Labute approximate surface area is 258 Å². The zero-order chi connectivity index (χ0) is 32.0. The molecule has 0 spiro atoms. The highest BCUT2D eigenvalue weighted by Crippen LogP contribution is 2.18. The molecule has 0 amide bonds. The highest BCUT2D eigenvalue weighted by molar-refractivity contribution is 5.32. The predicted molar refractivity (Wildman–Crippen MR) is 184 cm³/mol. The fourth-order valence-electron chi connectivity index (χ4n) is 3.98.